The van der Waals surface area contributed by atoms with Crippen molar-refractivity contribution in [3.63, 3.8) is 0 Å². The van der Waals surface area contributed by atoms with Crippen LogP contribution >= 0.6 is 22.9 Å². The number of fused-ring (bicyclic) bond motifs is 1. The maximum atomic E-state index is 14.1. The summed E-state index contributed by atoms with van der Waals surface area (Å²) in [6.07, 6.45) is 2.41. The van der Waals surface area contributed by atoms with Crippen molar-refractivity contribution in [2.45, 2.75) is 44.7 Å². The van der Waals surface area contributed by atoms with E-state index in [0.29, 0.717) is 36.4 Å². The monoisotopic (exact) mass is 574 g/mol. The van der Waals surface area contributed by atoms with E-state index in [0.717, 1.165) is 21.9 Å². The molecule has 0 spiro atoms. The Labute approximate surface area is 232 Å². The van der Waals surface area contributed by atoms with Crippen LogP contribution in [0.25, 0.3) is 10.1 Å². The number of benzene rings is 2. The fraction of sp³-hybridized carbons (Fsp3) is 0.393. The summed E-state index contributed by atoms with van der Waals surface area (Å²) < 4.78 is 24.0. The van der Waals surface area contributed by atoms with Gasteiger partial charge < -0.3 is 9.80 Å². The number of ketones is 1. The zero-order chi connectivity index (χ0) is 27.5. The van der Waals surface area contributed by atoms with E-state index in [2.05, 4.69) is 0 Å². The first kappa shape index (κ1) is 28.3. The quantitative estimate of drug-likeness (QED) is 0.322. The van der Waals surface area contributed by atoms with Crippen LogP contribution < -0.4 is 0 Å². The smallest absolute Gasteiger partial charge is 0.256 e. The van der Waals surface area contributed by atoms with Crippen LogP contribution in [-0.2, 0) is 26.0 Å². The molecule has 1 fully saturated rings. The Morgan fingerprint density at radius 1 is 1.13 bits per heavy atom. The van der Waals surface area contributed by atoms with Crippen molar-refractivity contribution in [1.82, 2.24) is 9.80 Å². The number of rotatable bonds is 11. The van der Waals surface area contributed by atoms with E-state index in [1.807, 2.05) is 48.7 Å². The van der Waals surface area contributed by atoms with Crippen LogP contribution in [0.4, 0.5) is 0 Å². The maximum Gasteiger partial charge on any atom is 0.256 e. The van der Waals surface area contributed by atoms with Crippen molar-refractivity contribution >= 4 is 60.5 Å². The van der Waals surface area contributed by atoms with E-state index in [4.69, 9.17) is 11.6 Å². The number of nitrogens with zero attached hydrogens (tertiary/aromatic N) is 2. The van der Waals surface area contributed by atoms with Gasteiger partial charge in [-0.05, 0) is 43.0 Å². The Morgan fingerprint density at radius 2 is 1.89 bits per heavy atom. The number of carbonyl (C=O) groups excluding carboxylic acids is 3. The lowest BCUT2D eigenvalue weighted by molar-refractivity contribution is -0.152. The zero-order valence-corrected chi connectivity index (χ0v) is 23.9. The molecule has 2 aromatic carbocycles. The molecule has 0 N–H and O–H groups in total. The number of amides is 2. The highest BCUT2D eigenvalue weighted by Crippen LogP contribution is 2.39. The minimum atomic E-state index is -3.41. The molecule has 2 heterocycles. The van der Waals surface area contributed by atoms with Crippen molar-refractivity contribution in [3.05, 3.63) is 70.1 Å². The Bertz CT molecular complexity index is 1460. The number of hydrogen-bond donors (Lipinski definition) is 0. The third-order valence-electron chi connectivity index (χ3n) is 7.06. The van der Waals surface area contributed by atoms with Crippen LogP contribution in [0.3, 0.4) is 0 Å². The molecule has 0 saturated carbocycles. The summed E-state index contributed by atoms with van der Waals surface area (Å²) in [5, 5.41) is 3.29. The lowest BCUT2D eigenvalue weighted by atomic mass is 9.79. The predicted molar refractivity (Wildman–Crippen MR) is 151 cm³/mol. The number of Topliss-reactive ketones (excluding diaryl/α,β-unsaturated/α-hetero) is 1. The molecule has 0 bridgehead atoms. The molecule has 3 aromatic rings. The van der Waals surface area contributed by atoms with E-state index in [1.54, 1.807) is 21.9 Å². The molecule has 1 aliphatic heterocycles. The molecule has 0 aliphatic carbocycles. The van der Waals surface area contributed by atoms with E-state index in [-0.39, 0.29) is 37.1 Å². The van der Waals surface area contributed by atoms with Crippen molar-refractivity contribution < 1.29 is 22.8 Å². The van der Waals surface area contributed by atoms with Gasteiger partial charge in [0.1, 0.15) is 17.1 Å². The second-order valence-electron chi connectivity index (χ2n) is 9.81. The molecule has 4 rings (SSSR count). The number of carbonyl (C=O) groups is 3. The van der Waals surface area contributed by atoms with Gasteiger partial charge in [0.05, 0.1) is 5.56 Å². The highest BCUT2D eigenvalue weighted by molar-refractivity contribution is 7.91. The van der Waals surface area contributed by atoms with Gasteiger partial charge in [0.15, 0.2) is 9.84 Å². The summed E-state index contributed by atoms with van der Waals surface area (Å²) in [5.41, 5.74) is 0.458. The molecule has 38 heavy (non-hydrogen) atoms. The SMILES string of the molecule is CCC1(C(=O)N(CCCC(=O)CS(C)(=O)=O)Cc2cccc(Cl)c2)CCN1C(=O)c1csc2ccccc12. The topological polar surface area (TPSA) is 91.8 Å². The molecule has 1 aromatic heterocycles. The van der Waals surface area contributed by atoms with Crippen molar-refractivity contribution in [2.75, 3.05) is 25.1 Å². The van der Waals surface area contributed by atoms with Gasteiger partial charge in [0, 0.05) is 52.8 Å². The van der Waals surface area contributed by atoms with Crippen LogP contribution in [0.1, 0.15) is 48.5 Å². The van der Waals surface area contributed by atoms with Gasteiger partial charge in [-0.15, -0.1) is 11.3 Å². The van der Waals surface area contributed by atoms with Gasteiger partial charge in [-0.25, -0.2) is 8.42 Å². The zero-order valence-electron chi connectivity index (χ0n) is 21.5. The van der Waals surface area contributed by atoms with Gasteiger partial charge in [0.25, 0.3) is 5.91 Å². The molecule has 1 unspecified atom stereocenters. The van der Waals surface area contributed by atoms with Gasteiger partial charge >= 0.3 is 0 Å². The van der Waals surface area contributed by atoms with Gasteiger partial charge in [-0.3, -0.25) is 14.4 Å². The number of thiophene rings is 1. The van der Waals surface area contributed by atoms with Gasteiger partial charge in [0.2, 0.25) is 5.91 Å². The molecule has 0 radical (unpaired) electrons. The van der Waals surface area contributed by atoms with Crippen LogP contribution in [0.15, 0.2) is 53.9 Å². The van der Waals surface area contributed by atoms with E-state index in [9.17, 15) is 22.8 Å². The fourth-order valence-corrected chi connectivity index (χ4v) is 6.93. The van der Waals surface area contributed by atoms with Crippen LogP contribution in [-0.4, -0.2) is 66.5 Å². The lowest BCUT2D eigenvalue weighted by Crippen LogP contribution is -2.69. The van der Waals surface area contributed by atoms with Crippen molar-refractivity contribution in [3.8, 4) is 0 Å². The van der Waals surface area contributed by atoms with Crippen LogP contribution in [0.5, 0.6) is 0 Å². The first-order chi connectivity index (χ1) is 18.0. The molecular weight excluding hydrogens is 544 g/mol. The van der Waals surface area contributed by atoms with E-state index < -0.39 is 21.1 Å². The van der Waals surface area contributed by atoms with E-state index in [1.165, 1.54) is 11.3 Å². The Hall–Kier alpha value is -2.75. The second-order valence-corrected chi connectivity index (χ2v) is 13.3. The average Bonchev–Trinajstić information content (AvgIpc) is 3.26. The number of likely N-dealkylation sites (tertiary alicyclic amines) is 1. The Balaban J connectivity index is 1.57. The summed E-state index contributed by atoms with van der Waals surface area (Å²) in [4.78, 5) is 43.3. The normalized spacial score (nSPS) is 17.3. The standard InChI is InChI=1S/C28H31ClN2O5S2/c1-3-28(13-15-31(28)26(33)24-18-37-25-12-5-4-11-23(24)25)27(34)30(17-20-8-6-9-21(29)16-20)14-7-10-22(32)19-38(2,35)36/h4-6,8-9,11-12,16,18H,3,7,10,13-15,17,19H2,1-2H3. The third kappa shape index (κ3) is 6.11. The summed E-state index contributed by atoms with van der Waals surface area (Å²) in [7, 11) is -3.41. The molecule has 7 nitrogen and oxygen atoms in total. The Kier molecular flexibility index (Phi) is 8.59. The van der Waals surface area contributed by atoms with E-state index >= 15 is 0 Å². The summed E-state index contributed by atoms with van der Waals surface area (Å²) >= 11 is 7.69. The maximum absolute atomic E-state index is 14.1. The fourth-order valence-electron chi connectivity index (χ4n) is 5.05. The largest absolute Gasteiger partial charge is 0.336 e. The second kappa shape index (κ2) is 11.6. The average molecular weight is 575 g/mol. The highest BCUT2D eigenvalue weighted by Gasteiger charge is 2.53. The number of hydrogen-bond acceptors (Lipinski definition) is 6. The third-order valence-corrected chi connectivity index (χ3v) is 9.11. The molecular formula is C28H31ClN2O5S2. The molecule has 1 aliphatic rings. The lowest BCUT2D eigenvalue weighted by Gasteiger charge is -2.52. The van der Waals surface area contributed by atoms with Crippen molar-refractivity contribution in [2.24, 2.45) is 0 Å². The van der Waals surface area contributed by atoms with Crippen molar-refractivity contribution in [1.29, 1.82) is 0 Å². The minimum Gasteiger partial charge on any atom is -0.336 e. The number of sulfone groups is 1. The number of halogens is 1. The summed E-state index contributed by atoms with van der Waals surface area (Å²) in [5.74, 6) is -1.22. The molecule has 1 atom stereocenters. The first-order valence-corrected chi connectivity index (χ1v) is 15.9. The molecule has 10 heteroatoms. The molecule has 1 saturated heterocycles. The first-order valence-electron chi connectivity index (χ1n) is 12.6. The summed E-state index contributed by atoms with van der Waals surface area (Å²) in [6, 6.07) is 15.0. The summed E-state index contributed by atoms with van der Waals surface area (Å²) in [6.45, 7) is 2.92. The van der Waals surface area contributed by atoms with Gasteiger partial charge in [-0.2, -0.15) is 0 Å². The molecule has 202 valence electrons. The highest BCUT2D eigenvalue weighted by atomic mass is 35.5. The predicted octanol–water partition coefficient (Wildman–Crippen LogP) is 4.97. The Morgan fingerprint density at radius 3 is 2.55 bits per heavy atom. The molecule has 2 amide bonds. The van der Waals surface area contributed by atoms with Gasteiger partial charge in [-0.1, -0.05) is 48.9 Å². The minimum absolute atomic E-state index is 0.0507. The van der Waals surface area contributed by atoms with Crippen LogP contribution in [0, 0.1) is 0 Å². The van der Waals surface area contributed by atoms with Crippen LogP contribution in [0.2, 0.25) is 5.02 Å².